The summed E-state index contributed by atoms with van der Waals surface area (Å²) in [5, 5.41) is 0. The van der Waals surface area contributed by atoms with Gasteiger partial charge in [-0.1, -0.05) is 30.3 Å². The minimum Gasteiger partial charge on any atom is -0.312 e. The zero-order chi connectivity index (χ0) is 15.4. The molecular formula is C20H22N2O. The minimum atomic E-state index is 0.180. The number of aromatic nitrogens is 1. The van der Waals surface area contributed by atoms with Crippen LogP contribution in [-0.4, -0.2) is 28.6 Å². The van der Waals surface area contributed by atoms with Gasteiger partial charge in [0.05, 0.1) is 0 Å². The van der Waals surface area contributed by atoms with Crippen LogP contribution in [0.4, 0.5) is 0 Å². The van der Waals surface area contributed by atoms with Gasteiger partial charge in [0.25, 0.3) is 5.56 Å². The van der Waals surface area contributed by atoms with Gasteiger partial charge in [-0.05, 0) is 42.4 Å². The molecule has 1 saturated heterocycles. The average Bonchev–Trinajstić information content (AvgIpc) is 3.00. The van der Waals surface area contributed by atoms with Gasteiger partial charge in [0, 0.05) is 43.4 Å². The Balaban J connectivity index is 1.42. The van der Waals surface area contributed by atoms with Crippen molar-refractivity contribution < 1.29 is 0 Å². The fourth-order valence-corrected chi connectivity index (χ4v) is 5.03. The summed E-state index contributed by atoms with van der Waals surface area (Å²) in [6, 6.07) is 15.3. The lowest BCUT2D eigenvalue weighted by molar-refractivity contribution is 0.0847. The summed E-state index contributed by atoms with van der Waals surface area (Å²) >= 11 is 0. The molecule has 3 aliphatic rings. The van der Waals surface area contributed by atoms with Crippen LogP contribution >= 0.6 is 0 Å². The second-order valence-electron chi connectivity index (χ2n) is 7.48. The summed E-state index contributed by atoms with van der Waals surface area (Å²) in [5.41, 5.74) is 4.50. The molecule has 0 unspecified atom stereocenters. The molecule has 2 bridgehead atoms. The van der Waals surface area contributed by atoms with E-state index in [-0.39, 0.29) is 5.56 Å². The van der Waals surface area contributed by atoms with E-state index in [0.29, 0.717) is 17.9 Å². The van der Waals surface area contributed by atoms with Crippen LogP contribution in [0.1, 0.15) is 29.2 Å². The van der Waals surface area contributed by atoms with E-state index in [1.165, 1.54) is 36.1 Å². The molecular weight excluding hydrogens is 284 g/mol. The maximum absolute atomic E-state index is 12.1. The number of hydrogen-bond donors (Lipinski definition) is 0. The van der Waals surface area contributed by atoms with Crippen LogP contribution in [0.3, 0.4) is 0 Å². The number of piperidine rings is 1. The van der Waals surface area contributed by atoms with E-state index in [1.807, 2.05) is 10.6 Å². The number of fused-ring (bicyclic) bond motifs is 5. The number of pyridine rings is 1. The van der Waals surface area contributed by atoms with Crippen LogP contribution in [0.25, 0.3) is 0 Å². The Morgan fingerprint density at radius 3 is 2.43 bits per heavy atom. The number of likely N-dealkylation sites (tertiary alicyclic amines) is 1. The van der Waals surface area contributed by atoms with Gasteiger partial charge in [-0.3, -0.25) is 9.69 Å². The Morgan fingerprint density at radius 2 is 1.65 bits per heavy atom. The lowest BCUT2D eigenvalue weighted by Crippen LogP contribution is -2.50. The molecule has 1 aromatic heterocycles. The van der Waals surface area contributed by atoms with E-state index in [2.05, 4.69) is 35.2 Å². The monoisotopic (exact) mass is 306 g/mol. The molecule has 3 nitrogen and oxygen atoms in total. The summed E-state index contributed by atoms with van der Waals surface area (Å²) in [6.07, 6.45) is 3.63. The molecule has 3 heteroatoms. The van der Waals surface area contributed by atoms with Gasteiger partial charge in [-0.15, -0.1) is 0 Å². The van der Waals surface area contributed by atoms with Crippen molar-refractivity contribution in [2.75, 3.05) is 13.1 Å². The standard InChI is InChI=1S/C20H22N2O/c23-20-7-3-6-19-17-8-14(12-22(19)20)11-21(13-17)18-9-15-4-1-2-5-16(15)10-18/h1-7,14,17-18H,8-13H2/t14-,17-/m1/s1. The van der Waals surface area contributed by atoms with Crippen LogP contribution in [0, 0.1) is 5.92 Å². The topological polar surface area (TPSA) is 25.2 Å². The van der Waals surface area contributed by atoms with Gasteiger partial charge < -0.3 is 4.57 Å². The molecule has 2 aromatic rings. The Hall–Kier alpha value is -1.87. The molecule has 2 atom stereocenters. The molecule has 0 amide bonds. The summed E-state index contributed by atoms with van der Waals surface area (Å²) in [7, 11) is 0. The third-order valence-corrected chi connectivity index (χ3v) is 6.05. The predicted molar refractivity (Wildman–Crippen MR) is 90.8 cm³/mol. The highest BCUT2D eigenvalue weighted by molar-refractivity contribution is 5.33. The van der Waals surface area contributed by atoms with E-state index in [1.54, 1.807) is 6.07 Å². The quantitative estimate of drug-likeness (QED) is 0.808. The summed E-state index contributed by atoms with van der Waals surface area (Å²) in [6.45, 7) is 3.16. The first kappa shape index (κ1) is 13.6. The Morgan fingerprint density at radius 1 is 0.870 bits per heavy atom. The van der Waals surface area contributed by atoms with Crippen molar-refractivity contribution in [1.82, 2.24) is 9.47 Å². The van der Waals surface area contributed by atoms with Crippen molar-refractivity contribution in [2.45, 2.75) is 37.8 Å². The highest BCUT2D eigenvalue weighted by atomic mass is 16.1. The second-order valence-corrected chi connectivity index (χ2v) is 7.48. The first-order chi connectivity index (χ1) is 11.3. The molecule has 1 aromatic carbocycles. The number of rotatable bonds is 1. The molecule has 0 spiro atoms. The van der Waals surface area contributed by atoms with Crippen LogP contribution in [0.2, 0.25) is 0 Å². The lowest BCUT2D eigenvalue weighted by Gasteiger charge is -2.45. The lowest BCUT2D eigenvalue weighted by atomic mass is 9.82. The number of nitrogens with zero attached hydrogens (tertiary/aromatic N) is 2. The van der Waals surface area contributed by atoms with Crippen molar-refractivity contribution in [3.63, 3.8) is 0 Å². The van der Waals surface area contributed by atoms with Crippen molar-refractivity contribution in [1.29, 1.82) is 0 Å². The van der Waals surface area contributed by atoms with E-state index < -0.39 is 0 Å². The molecule has 1 fully saturated rings. The fourth-order valence-electron chi connectivity index (χ4n) is 5.03. The van der Waals surface area contributed by atoms with E-state index in [0.717, 1.165) is 19.6 Å². The van der Waals surface area contributed by atoms with Crippen molar-refractivity contribution in [2.24, 2.45) is 5.92 Å². The van der Waals surface area contributed by atoms with Gasteiger partial charge in [0.1, 0.15) is 0 Å². The van der Waals surface area contributed by atoms with Gasteiger partial charge in [0.2, 0.25) is 0 Å². The Bertz CT molecular complexity index is 784. The Labute approximate surface area is 136 Å². The fraction of sp³-hybridized carbons (Fsp3) is 0.450. The molecule has 0 N–H and O–H groups in total. The zero-order valence-electron chi connectivity index (χ0n) is 13.3. The maximum atomic E-state index is 12.1. The molecule has 2 aliphatic heterocycles. The smallest absolute Gasteiger partial charge is 0.250 e. The van der Waals surface area contributed by atoms with Crippen LogP contribution in [-0.2, 0) is 19.4 Å². The number of hydrogen-bond acceptors (Lipinski definition) is 2. The van der Waals surface area contributed by atoms with Crippen LogP contribution < -0.4 is 5.56 Å². The third kappa shape index (κ3) is 2.18. The van der Waals surface area contributed by atoms with Gasteiger partial charge in [-0.25, -0.2) is 0 Å². The molecule has 0 radical (unpaired) electrons. The molecule has 0 saturated carbocycles. The minimum absolute atomic E-state index is 0.180. The predicted octanol–water partition coefficient (Wildman–Crippen LogP) is 2.43. The summed E-state index contributed by atoms with van der Waals surface area (Å²) < 4.78 is 2.03. The highest BCUT2D eigenvalue weighted by Gasteiger charge is 2.38. The molecule has 118 valence electrons. The van der Waals surface area contributed by atoms with Crippen LogP contribution in [0.15, 0.2) is 47.3 Å². The largest absolute Gasteiger partial charge is 0.312 e. The molecule has 5 rings (SSSR count). The molecule has 23 heavy (non-hydrogen) atoms. The van der Waals surface area contributed by atoms with Gasteiger partial charge in [0.15, 0.2) is 0 Å². The Kier molecular flexibility index (Phi) is 2.99. The first-order valence-corrected chi connectivity index (χ1v) is 8.78. The van der Waals surface area contributed by atoms with Crippen molar-refractivity contribution in [3.05, 3.63) is 69.6 Å². The second kappa shape index (κ2) is 5.07. The maximum Gasteiger partial charge on any atom is 0.250 e. The first-order valence-electron chi connectivity index (χ1n) is 8.78. The van der Waals surface area contributed by atoms with Gasteiger partial charge in [-0.2, -0.15) is 0 Å². The van der Waals surface area contributed by atoms with Crippen LogP contribution in [0.5, 0.6) is 0 Å². The van der Waals surface area contributed by atoms with E-state index in [9.17, 15) is 4.79 Å². The molecule has 3 heterocycles. The number of benzene rings is 1. The normalized spacial score (nSPS) is 26.8. The van der Waals surface area contributed by atoms with Crippen molar-refractivity contribution >= 4 is 0 Å². The highest BCUT2D eigenvalue weighted by Crippen LogP contribution is 2.37. The summed E-state index contributed by atoms with van der Waals surface area (Å²) in [5.74, 6) is 1.16. The SMILES string of the molecule is O=c1cccc2n1C[C@@H]1C[C@@H]2CN(C2Cc3ccccc3C2)C1. The van der Waals surface area contributed by atoms with E-state index >= 15 is 0 Å². The molecule has 1 aliphatic carbocycles. The average molecular weight is 306 g/mol. The third-order valence-electron chi connectivity index (χ3n) is 6.05. The zero-order valence-corrected chi connectivity index (χ0v) is 13.3. The van der Waals surface area contributed by atoms with E-state index in [4.69, 9.17) is 0 Å². The van der Waals surface area contributed by atoms with Gasteiger partial charge >= 0.3 is 0 Å². The van der Waals surface area contributed by atoms with Crippen molar-refractivity contribution in [3.8, 4) is 0 Å². The summed E-state index contributed by atoms with van der Waals surface area (Å²) in [4.78, 5) is 14.8.